The van der Waals surface area contributed by atoms with Gasteiger partial charge in [-0.25, -0.2) is 4.98 Å². The third-order valence-electron chi connectivity index (χ3n) is 5.91. The van der Waals surface area contributed by atoms with Crippen LogP contribution in [0.3, 0.4) is 0 Å². The maximum absolute atomic E-state index is 13.4. The SMILES string of the molecule is CCCCc1nc2ccc(C)cc2c(=O)n1Cc1ccc(-c2cccnc2-c2nn[nH]n2)cc1. The highest BCUT2D eigenvalue weighted by atomic mass is 16.1. The Morgan fingerprint density at radius 2 is 1.91 bits per heavy atom. The third-order valence-corrected chi connectivity index (χ3v) is 5.91. The minimum atomic E-state index is 0.00975. The number of unbranched alkanes of at least 4 members (excludes halogenated alkanes) is 1. The first-order valence-electron chi connectivity index (χ1n) is 11.4. The number of benzene rings is 2. The molecule has 3 heterocycles. The van der Waals surface area contributed by atoms with E-state index in [1.165, 1.54) is 0 Å². The molecule has 0 unspecified atom stereocenters. The van der Waals surface area contributed by atoms with Gasteiger partial charge in [0.05, 0.1) is 17.4 Å². The standard InChI is InChI=1S/C26H25N7O/c1-3-4-7-23-28-22-13-8-17(2)15-21(22)26(34)33(23)16-18-9-11-19(12-10-18)20-6-5-14-27-24(20)25-29-31-32-30-25/h5-6,8-15H,3-4,7,16H2,1-2H3,(H,29,30,31,32). The first-order valence-corrected chi connectivity index (χ1v) is 11.4. The van der Waals surface area contributed by atoms with Crippen molar-refractivity contribution < 1.29 is 0 Å². The predicted molar refractivity (Wildman–Crippen MR) is 131 cm³/mol. The summed E-state index contributed by atoms with van der Waals surface area (Å²) in [5, 5.41) is 14.9. The molecule has 3 aromatic heterocycles. The summed E-state index contributed by atoms with van der Waals surface area (Å²) in [6.45, 7) is 4.61. The average Bonchev–Trinajstić information content (AvgIpc) is 3.40. The molecular formula is C26H25N7O. The number of aromatic nitrogens is 7. The molecule has 0 aliphatic carbocycles. The monoisotopic (exact) mass is 451 g/mol. The van der Waals surface area contributed by atoms with E-state index in [2.05, 4.69) is 32.5 Å². The minimum Gasteiger partial charge on any atom is -0.292 e. The first-order chi connectivity index (χ1) is 16.6. The van der Waals surface area contributed by atoms with Crippen molar-refractivity contribution in [2.24, 2.45) is 0 Å². The van der Waals surface area contributed by atoms with Crippen molar-refractivity contribution in [3.05, 3.63) is 88.1 Å². The smallest absolute Gasteiger partial charge is 0.261 e. The van der Waals surface area contributed by atoms with Gasteiger partial charge in [0.1, 0.15) is 11.5 Å². The molecule has 1 N–H and O–H groups in total. The zero-order valence-electron chi connectivity index (χ0n) is 19.2. The van der Waals surface area contributed by atoms with Gasteiger partial charge in [-0.05, 0) is 47.9 Å². The van der Waals surface area contributed by atoms with Crippen LogP contribution in [0.2, 0.25) is 0 Å². The van der Waals surface area contributed by atoms with Crippen molar-refractivity contribution in [2.45, 2.75) is 39.7 Å². The Morgan fingerprint density at radius 3 is 2.68 bits per heavy atom. The summed E-state index contributed by atoms with van der Waals surface area (Å²) in [6.07, 6.45) is 4.52. The lowest BCUT2D eigenvalue weighted by atomic mass is 10.0. The number of nitrogens with zero attached hydrogens (tertiary/aromatic N) is 6. The number of H-pyrrole nitrogens is 1. The van der Waals surface area contributed by atoms with Gasteiger partial charge in [0.25, 0.3) is 5.56 Å². The van der Waals surface area contributed by atoms with Crippen LogP contribution in [0.4, 0.5) is 0 Å². The number of nitrogens with one attached hydrogen (secondary N) is 1. The molecule has 170 valence electrons. The number of fused-ring (bicyclic) bond motifs is 1. The van der Waals surface area contributed by atoms with Crippen molar-refractivity contribution in [2.75, 3.05) is 0 Å². The molecule has 5 rings (SSSR count). The molecule has 0 fully saturated rings. The highest BCUT2D eigenvalue weighted by Crippen LogP contribution is 2.28. The van der Waals surface area contributed by atoms with Gasteiger partial charge in [-0.15, -0.1) is 10.2 Å². The van der Waals surface area contributed by atoms with Crippen LogP contribution in [-0.2, 0) is 13.0 Å². The zero-order valence-corrected chi connectivity index (χ0v) is 19.2. The molecule has 0 aliphatic heterocycles. The fourth-order valence-corrected chi connectivity index (χ4v) is 4.12. The Kier molecular flexibility index (Phi) is 5.95. The highest BCUT2D eigenvalue weighted by Gasteiger charge is 2.14. The van der Waals surface area contributed by atoms with Crippen LogP contribution in [0.25, 0.3) is 33.5 Å². The fourth-order valence-electron chi connectivity index (χ4n) is 4.12. The molecule has 5 aromatic rings. The lowest BCUT2D eigenvalue weighted by molar-refractivity contribution is 0.646. The summed E-state index contributed by atoms with van der Waals surface area (Å²) in [7, 11) is 0. The number of hydrogen-bond acceptors (Lipinski definition) is 6. The molecule has 34 heavy (non-hydrogen) atoms. The molecule has 0 amide bonds. The van der Waals surface area contributed by atoms with E-state index in [0.29, 0.717) is 23.4 Å². The van der Waals surface area contributed by atoms with E-state index in [9.17, 15) is 4.79 Å². The molecular weight excluding hydrogens is 426 g/mol. The van der Waals surface area contributed by atoms with Crippen molar-refractivity contribution >= 4 is 10.9 Å². The summed E-state index contributed by atoms with van der Waals surface area (Å²) < 4.78 is 1.82. The quantitative estimate of drug-likeness (QED) is 0.395. The van der Waals surface area contributed by atoms with Crippen molar-refractivity contribution in [3.63, 3.8) is 0 Å². The van der Waals surface area contributed by atoms with Gasteiger partial charge >= 0.3 is 0 Å². The van der Waals surface area contributed by atoms with E-state index in [1.807, 2.05) is 66.1 Å². The Morgan fingerprint density at radius 1 is 1.06 bits per heavy atom. The van der Waals surface area contributed by atoms with Crippen LogP contribution < -0.4 is 5.56 Å². The Bertz CT molecular complexity index is 1490. The maximum atomic E-state index is 13.4. The van der Waals surface area contributed by atoms with Gasteiger partial charge in [-0.2, -0.15) is 5.21 Å². The summed E-state index contributed by atoms with van der Waals surface area (Å²) in [5.41, 5.74) is 5.42. The normalized spacial score (nSPS) is 11.2. The number of hydrogen-bond donors (Lipinski definition) is 1. The number of pyridine rings is 1. The van der Waals surface area contributed by atoms with Gasteiger partial charge < -0.3 is 0 Å². The van der Waals surface area contributed by atoms with E-state index < -0.39 is 0 Å². The molecule has 0 atom stereocenters. The predicted octanol–water partition coefficient (Wildman–Crippen LogP) is 4.34. The molecule has 0 radical (unpaired) electrons. The molecule has 0 spiro atoms. The van der Waals surface area contributed by atoms with E-state index >= 15 is 0 Å². The van der Waals surface area contributed by atoms with Crippen molar-refractivity contribution in [3.8, 4) is 22.6 Å². The van der Waals surface area contributed by atoms with Crippen LogP contribution in [0, 0.1) is 6.92 Å². The van der Waals surface area contributed by atoms with Gasteiger partial charge in [0.2, 0.25) is 5.82 Å². The zero-order chi connectivity index (χ0) is 23.5. The largest absolute Gasteiger partial charge is 0.292 e. The number of tetrazole rings is 1. The Labute approximate surface area is 196 Å². The molecule has 0 aliphatic rings. The second-order valence-corrected chi connectivity index (χ2v) is 8.38. The maximum Gasteiger partial charge on any atom is 0.261 e. The van der Waals surface area contributed by atoms with E-state index in [4.69, 9.17) is 4.98 Å². The van der Waals surface area contributed by atoms with E-state index in [-0.39, 0.29) is 5.56 Å². The molecule has 8 heteroatoms. The molecule has 0 bridgehead atoms. The van der Waals surface area contributed by atoms with Gasteiger partial charge in [0, 0.05) is 18.2 Å². The second-order valence-electron chi connectivity index (χ2n) is 8.38. The van der Waals surface area contributed by atoms with Crippen molar-refractivity contribution in [1.29, 1.82) is 0 Å². The number of aromatic amines is 1. The number of aryl methyl sites for hydroxylation is 2. The third kappa shape index (κ3) is 4.22. The van der Waals surface area contributed by atoms with Crippen molar-refractivity contribution in [1.82, 2.24) is 35.2 Å². The van der Waals surface area contributed by atoms with E-state index in [1.54, 1.807) is 6.20 Å². The second kappa shape index (κ2) is 9.35. The Balaban J connectivity index is 1.51. The van der Waals surface area contributed by atoms with E-state index in [0.717, 1.165) is 52.9 Å². The fraction of sp³-hybridized carbons (Fsp3) is 0.231. The van der Waals surface area contributed by atoms with Gasteiger partial charge in [-0.3, -0.25) is 14.3 Å². The lowest BCUT2D eigenvalue weighted by Crippen LogP contribution is -2.26. The highest BCUT2D eigenvalue weighted by molar-refractivity contribution is 5.79. The van der Waals surface area contributed by atoms with Crippen LogP contribution in [0.15, 0.2) is 65.6 Å². The van der Waals surface area contributed by atoms with Crippen LogP contribution in [-0.4, -0.2) is 35.2 Å². The molecule has 8 nitrogen and oxygen atoms in total. The van der Waals surface area contributed by atoms with Crippen LogP contribution in [0.5, 0.6) is 0 Å². The van der Waals surface area contributed by atoms with Crippen LogP contribution >= 0.6 is 0 Å². The van der Waals surface area contributed by atoms with Gasteiger partial charge in [-0.1, -0.05) is 55.3 Å². The van der Waals surface area contributed by atoms with Gasteiger partial charge in [0.15, 0.2) is 0 Å². The Hall–Kier alpha value is -4.20. The van der Waals surface area contributed by atoms with Crippen LogP contribution in [0.1, 0.15) is 36.7 Å². The lowest BCUT2D eigenvalue weighted by Gasteiger charge is -2.14. The minimum absolute atomic E-state index is 0.00975. The average molecular weight is 452 g/mol. The number of rotatable bonds is 7. The molecule has 2 aromatic carbocycles. The summed E-state index contributed by atoms with van der Waals surface area (Å²) in [6, 6.07) is 17.9. The topological polar surface area (TPSA) is 102 Å². The summed E-state index contributed by atoms with van der Waals surface area (Å²) >= 11 is 0. The first kappa shape index (κ1) is 21.6. The summed E-state index contributed by atoms with van der Waals surface area (Å²) in [5.74, 6) is 1.28. The molecule has 0 saturated carbocycles. The molecule has 0 saturated heterocycles. The summed E-state index contributed by atoms with van der Waals surface area (Å²) in [4.78, 5) is 22.7.